The molecule has 2 aliphatic rings. The Bertz CT molecular complexity index is 1490. The summed E-state index contributed by atoms with van der Waals surface area (Å²) in [5.74, 6) is -2.08. The third-order valence-corrected chi connectivity index (χ3v) is 6.45. The number of phenols is 3. The number of aliphatic hydroxyl groups is 4. The summed E-state index contributed by atoms with van der Waals surface area (Å²) in [4.78, 5) is 13.8. The van der Waals surface area contributed by atoms with Gasteiger partial charge in [-0.3, -0.25) is 4.79 Å². The minimum Gasteiger partial charge on any atom is -0.507 e. The lowest BCUT2D eigenvalue weighted by molar-refractivity contribution is -0.277. The van der Waals surface area contributed by atoms with E-state index in [0.717, 1.165) is 12.1 Å². The van der Waals surface area contributed by atoms with Gasteiger partial charge in [0.2, 0.25) is 17.5 Å². The van der Waals surface area contributed by atoms with E-state index in [1.54, 1.807) is 26.0 Å². The highest BCUT2D eigenvalue weighted by Gasteiger charge is 2.45. The van der Waals surface area contributed by atoms with Crippen molar-refractivity contribution in [3.05, 3.63) is 46.1 Å². The average Bonchev–Trinajstić information content (AvgIpc) is 2.86. The van der Waals surface area contributed by atoms with Gasteiger partial charge in [0.25, 0.3) is 0 Å². The molecule has 7 N–H and O–H groups in total. The number of hydrogen-bond acceptors (Lipinski definition) is 12. The van der Waals surface area contributed by atoms with Crippen LogP contribution in [0.25, 0.3) is 28.4 Å². The number of benzene rings is 2. The van der Waals surface area contributed by atoms with Crippen LogP contribution in [-0.2, 0) is 4.74 Å². The fourth-order valence-electron chi connectivity index (χ4n) is 4.41. The van der Waals surface area contributed by atoms with Crippen LogP contribution in [-0.4, -0.2) is 78.7 Å². The molecule has 0 saturated carbocycles. The largest absolute Gasteiger partial charge is 0.507 e. The van der Waals surface area contributed by atoms with E-state index in [0.29, 0.717) is 5.56 Å². The quantitative estimate of drug-likeness (QED) is 0.236. The van der Waals surface area contributed by atoms with E-state index < -0.39 is 71.3 Å². The first-order valence-corrected chi connectivity index (χ1v) is 11.7. The summed E-state index contributed by atoms with van der Waals surface area (Å²) < 4.78 is 23.0. The van der Waals surface area contributed by atoms with Crippen molar-refractivity contribution in [1.82, 2.24) is 0 Å². The molecule has 2 aromatic carbocycles. The van der Waals surface area contributed by atoms with Crippen LogP contribution < -0.4 is 14.9 Å². The van der Waals surface area contributed by atoms with Crippen LogP contribution in [0.3, 0.4) is 0 Å². The van der Waals surface area contributed by atoms with Crippen LogP contribution in [0.1, 0.15) is 19.4 Å². The van der Waals surface area contributed by atoms with Gasteiger partial charge in [-0.2, -0.15) is 0 Å². The van der Waals surface area contributed by atoms with Gasteiger partial charge in [0.1, 0.15) is 46.9 Å². The molecule has 2 aliphatic heterocycles. The minimum atomic E-state index is -1.85. The van der Waals surface area contributed by atoms with Crippen LogP contribution in [0.2, 0.25) is 0 Å². The maximum Gasteiger partial charge on any atom is 0.239 e. The number of phenolic OH excluding ortho intramolecular Hbond substituents is 3. The predicted octanol–water partition coefficient (Wildman–Crippen LogP) is 0.940. The second kappa shape index (κ2) is 9.19. The van der Waals surface area contributed by atoms with Gasteiger partial charge in [0.15, 0.2) is 22.8 Å². The molecule has 38 heavy (non-hydrogen) atoms. The standard InChI is InChI=1S/C26H26O12/c1-26(2)6-5-11-15(38-26)8-14(30)17-19(32)24(37-25-21(34)20(33)18(31)16(9-27)35-25)22(36-23(11)17)10-3-4-12(28)13(29)7-10/h3-8,16,18,20-21,25,27-31,33-34H,9H2,1-2H3/t16-,18-,20+,21-,25+/m0/s1. The Morgan fingerprint density at radius 1 is 0.974 bits per heavy atom. The zero-order chi connectivity index (χ0) is 27.5. The molecule has 1 fully saturated rings. The monoisotopic (exact) mass is 530 g/mol. The average molecular weight is 530 g/mol. The van der Waals surface area contributed by atoms with Gasteiger partial charge in [-0.1, -0.05) is 0 Å². The molecule has 202 valence electrons. The second-order valence-electron chi connectivity index (χ2n) is 9.66. The summed E-state index contributed by atoms with van der Waals surface area (Å²) in [5, 5.41) is 70.6. The second-order valence-corrected chi connectivity index (χ2v) is 9.66. The first kappa shape index (κ1) is 25.8. The summed E-state index contributed by atoms with van der Waals surface area (Å²) in [6.45, 7) is 2.86. The van der Waals surface area contributed by atoms with Crippen LogP contribution in [0.4, 0.5) is 0 Å². The molecule has 0 bridgehead atoms. The van der Waals surface area contributed by atoms with Crippen molar-refractivity contribution < 1.29 is 54.4 Å². The Hall–Kier alpha value is -3.81. The van der Waals surface area contributed by atoms with Gasteiger partial charge < -0.3 is 54.4 Å². The van der Waals surface area contributed by atoms with Gasteiger partial charge in [-0.15, -0.1) is 0 Å². The predicted molar refractivity (Wildman–Crippen MR) is 131 cm³/mol. The van der Waals surface area contributed by atoms with E-state index >= 15 is 0 Å². The van der Waals surface area contributed by atoms with Gasteiger partial charge in [-0.25, -0.2) is 0 Å². The summed E-state index contributed by atoms with van der Waals surface area (Å²) in [7, 11) is 0. The molecule has 12 nitrogen and oxygen atoms in total. The lowest BCUT2D eigenvalue weighted by Gasteiger charge is -2.39. The Balaban J connectivity index is 1.74. The fourth-order valence-corrected chi connectivity index (χ4v) is 4.41. The lowest BCUT2D eigenvalue weighted by Crippen LogP contribution is -2.60. The number of ether oxygens (including phenoxy) is 3. The molecular formula is C26H26O12. The molecule has 5 atom stereocenters. The molecule has 3 aromatic rings. The van der Waals surface area contributed by atoms with Crippen molar-refractivity contribution in [3.8, 4) is 40.1 Å². The lowest BCUT2D eigenvalue weighted by atomic mass is 9.98. The molecule has 12 heteroatoms. The number of hydrogen-bond donors (Lipinski definition) is 7. The van der Waals surface area contributed by atoms with Crippen LogP contribution in [0.15, 0.2) is 39.6 Å². The van der Waals surface area contributed by atoms with Crippen molar-refractivity contribution in [2.45, 2.75) is 50.2 Å². The van der Waals surface area contributed by atoms with E-state index in [-0.39, 0.29) is 28.0 Å². The molecule has 1 aromatic heterocycles. The summed E-state index contributed by atoms with van der Waals surface area (Å²) in [6.07, 6.45) is -4.97. The molecule has 0 radical (unpaired) electrons. The summed E-state index contributed by atoms with van der Waals surface area (Å²) in [6, 6.07) is 4.83. The van der Waals surface area contributed by atoms with Gasteiger partial charge in [0, 0.05) is 11.6 Å². The van der Waals surface area contributed by atoms with Crippen molar-refractivity contribution in [2.75, 3.05) is 6.61 Å². The van der Waals surface area contributed by atoms with E-state index in [2.05, 4.69) is 0 Å². The first-order chi connectivity index (χ1) is 17.9. The number of aliphatic hydroxyl groups excluding tert-OH is 4. The van der Waals surface area contributed by atoms with E-state index in [4.69, 9.17) is 18.6 Å². The molecule has 5 rings (SSSR count). The maximum atomic E-state index is 13.8. The van der Waals surface area contributed by atoms with Gasteiger partial charge >= 0.3 is 0 Å². The van der Waals surface area contributed by atoms with Crippen LogP contribution >= 0.6 is 0 Å². The molecule has 0 amide bonds. The highest BCUT2D eigenvalue weighted by molar-refractivity contribution is 5.95. The number of aromatic hydroxyl groups is 3. The topological polar surface area (TPSA) is 200 Å². The van der Waals surface area contributed by atoms with E-state index in [1.807, 2.05) is 0 Å². The Labute approximate surface area is 214 Å². The molecular weight excluding hydrogens is 504 g/mol. The van der Waals surface area contributed by atoms with Crippen molar-refractivity contribution in [1.29, 1.82) is 0 Å². The zero-order valence-corrected chi connectivity index (χ0v) is 20.2. The Morgan fingerprint density at radius 2 is 1.71 bits per heavy atom. The highest BCUT2D eigenvalue weighted by Crippen LogP contribution is 2.44. The molecule has 3 heterocycles. The van der Waals surface area contributed by atoms with Crippen LogP contribution in [0.5, 0.6) is 28.7 Å². The summed E-state index contributed by atoms with van der Waals surface area (Å²) in [5.41, 5.74) is -1.26. The number of fused-ring (bicyclic) bond motifs is 3. The van der Waals surface area contributed by atoms with Crippen molar-refractivity contribution in [3.63, 3.8) is 0 Å². The fraction of sp³-hybridized carbons (Fsp3) is 0.346. The first-order valence-electron chi connectivity index (χ1n) is 11.7. The normalized spacial score (nSPS) is 26.1. The van der Waals surface area contributed by atoms with E-state index in [9.17, 15) is 40.5 Å². The Morgan fingerprint density at radius 3 is 2.39 bits per heavy atom. The minimum absolute atomic E-state index is 0.0667. The Kier molecular flexibility index (Phi) is 6.24. The molecule has 0 spiro atoms. The van der Waals surface area contributed by atoms with E-state index in [1.165, 1.54) is 12.1 Å². The molecule has 0 unspecified atom stereocenters. The van der Waals surface area contributed by atoms with Gasteiger partial charge in [0.05, 0.1) is 12.2 Å². The smallest absolute Gasteiger partial charge is 0.239 e. The number of rotatable bonds is 4. The van der Waals surface area contributed by atoms with Crippen molar-refractivity contribution >= 4 is 17.0 Å². The maximum absolute atomic E-state index is 13.8. The molecule has 0 aliphatic carbocycles. The zero-order valence-electron chi connectivity index (χ0n) is 20.2. The van der Waals surface area contributed by atoms with Gasteiger partial charge in [-0.05, 0) is 44.2 Å². The third-order valence-electron chi connectivity index (χ3n) is 6.45. The van der Waals surface area contributed by atoms with Crippen molar-refractivity contribution in [2.24, 2.45) is 0 Å². The van der Waals surface area contributed by atoms with Crippen LogP contribution in [0, 0.1) is 0 Å². The SMILES string of the molecule is CC1(C)C=Cc2c(cc(O)c3c(=O)c(O[C@H]4O[C@@H](CO)[C@H](O)[C@@H](O)[C@@H]4O)c(-c4ccc(O)c(O)c4)oc23)O1. The molecule has 1 saturated heterocycles. The highest BCUT2D eigenvalue weighted by atomic mass is 16.7. The third kappa shape index (κ3) is 4.22. The summed E-state index contributed by atoms with van der Waals surface area (Å²) >= 11 is 0.